The summed E-state index contributed by atoms with van der Waals surface area (Å²) in [5, 5.41) is 2.13. The zero-order valence-electron chi connectivity index (χ0n) is 49.7. The van der Waals surface area contributed by atoms with Crippen LogP contribution in [-0.4, -0.2) is 16.1 Å². The van der Waals surface area contributed by atoms with Gasteiger partial charge in [0.15, 0.2) is 0 Å². The average molecular weight is 1140 g/mol. The van der Waals surface area contributed by atoms with E-state index in [0.717, 1.165) is 78.9 Å². The molecule has 0 saturated heterocycles. The number of aromatic nitrogens is 2. The third kappa shape index (κ3) is 10.3. The molecule has 0 radical (unpaired) electrons. The molecule has 0 spiro atoms. The van der Waals surface area contributed by atoms with Gasteiger partial charge in [-0.2, -0.15) is 37.0 Å². The number of hydrogen-bond acceptors (Lipinski definition) is 4. The first-order chi connectivity index (χ1) is 38.3. The first-order valence-corrected chi connectivity index (χ1v) is 24.8. The summed E-state index contributed by atoms with van der Waals surface area (Å²) in [7, 11) is 0. The van der Waals surface area contributed by atoms with E-state index < -0.39 is 30.4 Å². The number of rotatable bonds is 14. The molecule has 0 bridgehead atoms. The number of anilines is 3. The van der Waals surface area contributed by atoms with Gasteiger partial charge in [0.25, 0.3) is 0 Å². The van der Waals surface area contributed by atoms with Gasteiger partial charge >= 0.3 is 0 Å². The summed E-state index contributed by atoms with van der Waals surface area (Å²) in [5.74, 6) is 1.82. The maximum absolute atomic E-state index is 8.92. The maximum Gasteiger partial charge on any atom is 0.135 e. The average Bonchev–Trinajstić information content (AvgIpc) is 4.03. The Bertz CT molecular complexity index is 3940. The molecule has 11 rings (SSSR count). The van der Waals surface area contributed by atoms with E-state index in [0.29, 0.717) is 41.3 Å². The monoisotopic (exact) mass is 1140 g/mol. The van der Waals surface area contributed by atoms with E-state index in [9.17, 15) is 0 Å². The number of fused-ring (bicyclic) bond motifs is 4. The molecule has 368 valence electrons. The van der Waals surface area contributed by atoms with E-state index in [-0.39, 0.29) is 57.3 Å². The van der Waals surface area contributed by atoms with Crippen LogP contribution < -0.4 is 14.5 Å². The predicted molar refractivity (Wildman–Crippen MR) is 300 cm³/mol. The van der Waals surface area contributed by atoms with Crippen molar-refractivity contribution in [3.05, 3.63) is 235 Å². The maximum atomic E-state index is 8.92. The van der Waals surface area contributed by atoms with E-state index >= 15 is 0 Å². The van der Waals surface area contributed by atoms with Crippen molar-refractivity contribution >= 4 is 38.9 Å². The van der Waals surface area contributed by atoms with E-state index in [4.69, 9.17) is 20.7 Å². The summed E-state index contributed by atoms with van der Waals surface area (Å²) in [6.07, 6.45) is 3.66. The van der Waals surface area contributed by atoms with Gasteiger partial charge in [0.2, 0.25) is 0 Å². The molecule has 2 aromatic heterocycles. The third-order valence-corrected chi connectivity index (χ3v) is 13.6. The third-order valence-electron chi connectivity index (χ3n) is 13.6. The van der Waals surface area contributed by atoms with Crippen molar-refractivity contribution < 1.29 is 36.8 Å². The van der Waals surface area contributed by atoms with Gasteiger partial charge < -0.3 is 19.1 Å². The van der Waals surface area contributed by atoms with Crippen molar-refractivity contribution in [1.29, 1.82) is 0 Å². The van der Waals surface area contributed by atoms with Crippen LogP contribution in [0.2, 0.25) is 0 Å². The quantitative estimate of drug-likeness (QED) is 0.102. The van der Waals surface area contributed by atoms with E-state index in [1.807, 2.05) is 88.2 Å². The van der Waals surface area contributed by atoms with Crippen LogP contribution in [0.4, 0.5) is 17.1 Å². The molecule has 1 aliphatic rings. The van der Waals surface area contributed by atoms with Gasteiger partial charge in [0.1, 0.15) is 5.82 Å². The summed E-state index contributed by atoms with van der Waals surface area (Å²) in [6.45, 7) is 10.6. The second-order valence-electron chi connectivity index (χ2n) is 20.1. The molecule has 0 atom stereocenters. The standard InChI is InChI=1S/C67H61N4O.Pt/c1-46(2)36-53-40-66(68-43-61(53)51-25-14-9-15-26-51)71-62-34-31-52(49-21-10-7-11-22-49)39-60(62)58-33-32-56(42-65(58)71)72-44-48-20-18-27-55(38-48)70-45-69(63-29-16-17-30-64(63)70)35-19-28-57-47(3)37-54(67(4,5)6)41-59(57)50-23-12-8-13-24-50;/h7-18,20-27,29-34,37,39-41,43,45-46H,19,28,35-36,44H2,1-6H3;/q-3;/i3D3,8D,12D,13D,23D,24D;. The van der Waals surface area contributed by atoms with Crippen molar-refractivity contribution in [2.45, 2.75) is 72.8 Å². The van der Waals surface area contributed by atoms with Crippen LogP contribution in [-0.2, 0) is 45.9 Å². The molecule has 0 unspecified atom stereocenters. The summed E-state index contributed by atoms with van der Waals surface area (Å²) in [5.41, 5.74) is 12.3. The summed E-state index contributed by atoms with van der Waals surface area (Å²) < 4.78 is 78.0. The molecule has 5 nitrogen and oxygen atoms in total. The predicted octanol–water partition coefficient (Wildman–Crippen LogP) is 16.9. The first kappa shape index (κ1) is 40.3. The molecular weight excluding hydrogens is 1070 g/mol. The van der Waals surface area contributed by atoms with Gasteiger partial charge in [-0.1, -0.05) is 167 Å². The Labute approximate surface area is 457 Å². The van der Waals surface area contributed by atoms with Crippen molar-refractivity contribution in [3.8, 4) is 44.9 Å². The van der Waals surface area contributed by atoms with Crippen molar-refractivity contribution in [2.75, 3.05) is 16.3 Å². The van der Waals surface area contributed by atoms with Crippen LogP contribution in [0.5, 0.6) is 5.75 Å². The minimum atomic E-state index is -2.53. The van der Waals surface area contributed by atoms with Gasteiger partial charge in [-0.3, -0.25) is 0 Å². The Morgan fingerprint density at radius 3 is 2.22 bits per heavy atom. The fraction of sp³-hybridized carbons (Fsp3) is 0.194. The zero-order valence-corrected chi connectivity index (χ0v) is 44.0. The number of benzene rings is 8. The molecule has 10 aromatic rings. The summed E-state index contributed by atoms with van der Waals surface area (Å²) in [6, 6.07) is 56.6. The molecule has 3 heterocycles. The van der Waals surface area contributed by atoms with Gasteiger partial charge in [0, 0.05) is 59.6 Å². The molecule has 73 heavy (non-hydrogen) atoms. The summed E-state index contributed by atoms with van der Waals surface area (Å²) in [4.78, 5) is 9.38. The van der Waals surface area contributed by atoms with Crippen LogP contribution in [0.1, 0.15) is 79.8 Å². The van der Waals surface area contributed by atoms with E-state index in [1.54, 1.807) is 6.07 Å². The van der Waals surface area contributed by atoms with Gasteiger partial charge in [-0.25, -0.2) is 4.98 Å². The molecular formula is C67H61N4OPt-3. The normalized spacial score (nSPS) is 14.2. The molecule has 0 N–H and O–H groups in total. The zero-order chi connectivity index (χ0) is 56.2. The first-order valence-electron chi connectivity index (χ1n) is 28.8. The molecule has 0 saturated carbocycles. The van der Waals surface area contributed by atoms with Crippen LogP contribution >= 0.6 is 0 Å². The minimum absolute atomic E-state index is 0. The van der Waals surface area contributed by atoms with Crippen molar-refractivity contribution in [2.24, 2.45) is 5.92 Å². The number of nitrogens with zero attached hydrogens (tertiary/aromatic N) is 4. The molecule has 0 fully saturated rings. The van der Waals surface area contributed by atoms with Crippen LogP contribution in [0.15, 0.2) is 188 Å². The van der Waals surface area contributed by atoms with Gasteiger partial charge in [-0.15, -0.1) is 28.8 Å². The minimum Gasteiger partial charge on any atom is -0.517 e. The Morgan fingerprint density at radius 1 is 0.712 bits per heavy atom. The molecule has 8 aromatic carbocycles. The number of ether oxygens (including phenoxy) is 1. The molecule has 6 heteroatoms. The number of para-hydroxylation sites is 2. The molecule has 0 amide bonds. The van der Waals surface area contributed by atoms with E-state index in [1.165, 1.54) is 5.56 Å². The van der Waals surface area contributed by atoms with Gasteiger partial charge in [-0.05, 0) is 124 Å². The fourth-order valence-electron chi connectivity index (χ4n) is 9.99. The van der Waals surface area contributed by atoms with Crippen LogP contribution in [0.25, 0.3) is 61.0 Å². The molecule has 1 aliphatic heterocycles. The number of aryl methyl sites for hydroxylation is 1. The smallest absolute Gasteiger partial charge is 0.135 e. The molecule has 0 aliphatic carbocycles. The summed E-state index contributed by atoms with van der Waals surface area (Å²) >= 11 is 0. The Balaban J connectivity index is 0.00000736. The topological polar surface area (TPSA) is 33.5 Å². The Morgan fingerprint density at radius 2 is 1.47 bits per heavy atom. The van der Waals surface area contributed by atoms with Crippen molar-refractivity contribution in [1.82, 2.24) is 9.55 Å². The van der Waals surface area contributed by atoms with Crippen LogP contribution in [0, 0.1) is 31.6 Å². The van der Waals surface area contributed by atoms with Crippen molar-refractivity contribution in [3.63, 3.8) is 0 Å². The number of pyridine rings is 1. The second kappa shape index (κ2) is 21.1. The van der Waals surface area contributed by atoms with Gasteiger partial charge in [0.05, 0.1) is 13.5 Å². The second-order valence-corrected chi connectivity index (χ2v) is 20.1. The number of hydrogen-bond donors (Lipinski definition) is 0. The largest absolute Gasteiger partial charge is 0.517 e. The van der Waals surface area contributed by atoms with E-state index in [2.05, 4.69) is 131 Å². The SMILES string of the molecule is [2H]c1c([2H])c([2H])c(-c2cc(C(C)(C)C)cc(C([2H])([2H])[2H])c2CCCN2[CH-]N(c3[c-]c(COc4[c-]c5c(cc4)c4cc(-c6ccccc6)ccc4n5-c4cc(CC(C)C)c(-c5ccccc5)cn4)ccc3)c3ccccc32)c([2H])c1[2H].[Pt]. The Hall–Kier alpha value is -7.20. The fourth-order valence-corrected chi connectivity index (χ4v) is 9.99. The Kier molecular flexibility index (Phi) is 11.6. The van der Waals surface area contributed by atoms with Crippen LogP contribution in [0.3, 0.4) is 0 Å².